The van der Waals surface area contributed by atoms with Crippen LogP contribution in [0, 0.1) is 0 Å². The molecule has 1 aliphatic heterocycles. The molecule has 1 fully saturated rings. The van der Waals surface area contributed by atoms with E-state index in [2.05, 4.69) is 15.5 Å². The normalized spacial score (nSPS) is 15.9. The van der Waals surface area contributed by atoms with Gasteiger partial charge in [-0.05, 0) is 48.0 Å². The zero-order valence-electron chi connectivity index (χ0n) is 20.3. The molecule has 0 saturated carbocycles. The number of carbonyl (C=O) groups excluding carboxylic acids is 2. The number of hydrogen-bond donors (Lipinski definition) is 2. The fourth-order valence-electron chi connectivity index (χ4n) is 3.57. The van der Waals surface area contributed by atoms with E-state index in [-0.39, 0.29) is 24.1 Å². The van der Waals surface area contributed by atoms with E-state index < -0.39 is 17.1 Å². The maximum absolute atomic E-state index is 13.2. The van der Waals surface area contributed by atoms with Crippen molar-refractivity contribution in [2.45, 2.75) is 11.7 Å². The summed E-state index contributed by atoms with van der Waals surface area (Å²) in [6, 6.07) is 23.7. The molecule has 1 aliphatic rings. The number of ether oxygens (including phenoxy) is 2. The van der Waals surface area contributed by atoms with E-state index in [1.807, 2.05) is 60.7 Å². The predicted molar refractivity (Wildman–Crippen MR) is 145 cm³/mol. The Morgan fingerprint density at radius 2 is 1.68 bits per heavy atom. The number of anilines is 2. The highest BCUT2D eigenvalue weighted by Gasteiger charge is 2.32. The maximum Gasteiger partial charge on any atom is 0.305 e. The van der Waals surface area contributed by atoms with Crippen LogP contribution in [0.3, 0.4) is 0 Å². The van der Waals surface area contributed by atoms with E-state index in [1.165, 1.54) is 13.3 Å². The summed E-state index contributed by atoms with van der Waals surface area (Å²) in [6.45, 7) is -0.227. The molecule has 3 aromatic rings. The van der Waals surface area contributed by atoms with E-state index in [0.717, 1.165) is 23.1 Å². The first-order chi connectivity index (χ1) is 18.4. The standard InChI is InChI=1S/C27H24N4O6S/c1-36-22-14-18(16-28-30-27-29-26(35)23(38-27)15-25(33)34)12-13-21(22)37-17-24(32)31(19-8-4-2-5-9-19)20-10-6-3-7-11-20/h2-14,16,23H,15,17H2,1H3,(H,33,34)(H,29,30,35). The van der Waals surface area contributed by atoms with Gasteiger partial charge in [0.2, 0.25) is 5.91 Å². The van der Waals surface area contributed by atoms with Gasteiger partial charge in [0.25, 0.3) is 5.91 Å². The lowest BCUT2D eigenvalue weighted by molar-refractivity contribution is -0.138. The van der Waals surface area contributed by atoms with Gasteiger partial charge in [-0.15, -0.1) is 5.10 Å². The van der Waals surface area contributed by atoms with Crippen LogP contribution >= 0.6 is 11.8 Å². The molecule has 1 heterocycles. The molecule has 1 saturated heterocycles. The minimum atomic E-state index is -1.06. The minimum Gasteiger partial charge on any atom is -0.493 e. The molecule has 11 heteroatoms. The number of para-hydroxylation sites is 2. The summed E-state index contributed by atoms with van der Waals surface area (Å²) in [7, 11) is 1.48. The van der Waals surface area contributed by atoms with Crippen LogP contribution < -0.4 is 19.7 Å². The van der Waals surface area contributed by atoms with E-state index in [4.69, 9.17) is 14.6 Å². The van der Waals surface area contributed by atoms with Crippen LogP contribution in [0.2, 0.25) is 0 Å². The Hall–Kier alpha value is -4.64. The number of nitrogens with zero attached hydrogens (tertiary/aromatic N) is 3. The third-order valence-electron chi connectivity index (χ3n) is 5.31. The number of aliphatic carboxylic acids is 1. The van der Waals surface area contributed by atoms with Crippen molar-refractivity contribution in [1.82, 2.24) is 5.32 Å². The number of thioether (sulfide) groups is 1. The van der Waals surface area contributed by atoms with E-state index >= 15 is 0 Å². The monoisotopic (exact) mass is 532 g/mol. The van der Waals surface area contributed by atoms with E-state index in [1.54, 1.807) is 23.1 Å². The second-order valence-electron chi connectivity index (χ2n) is 7.94. The largest absolute Gasteiger partial charge is 0.493 e. The molecule has 0 aromatic heterocycles. The number of amidine groups is 1. The van der Waals surface area contributed by atoms with Crippen molar-refractivity contribution >= 4 is 52.3 Å². The SMILES string of the molecule is COc1cc(C=NN=C2NC(=O)C(CC(=O)O)S2)ccc1OCC(=O)N(c1ccccc1)c1ccccc1. The predicted octanol–water partition coefficient (Wildman–Crippen LogP) is 3.84. The Balaban J connectivity index is 1.42. The van der Waals surface area contributed by atoms with Gasteiger partial charge in [0, 0.05) is 11.4 Å². The van der Waals surface area contributed by atoms with Crippen molar-refractivity contribution in [3.8, 4) is 11.5 Å². The van der Waals surface area contributed by atoms with Crippen LogP contribution in [-0.4, -0.2) is 53.2 Å². The number of methoxy groups -OCH3 is 1. The summed E-state index contributed by atoms with van der Waals surface area (Å²) in [5.41, 5.74) is 2.08. The van der Waals surface area contributed by atoms with Gasteiger partial charge in [-0.1, -0.05) is 48.2 Å². The summed E-state index contributed by atoms with van der Waals surface area (Å²) >= 11 is 1.01. The lowest BCUT2D eigenvalue weighted by Crippen LogP contribution is -2.30. The summed E-state index contributed by atoms with van der Waals surface area (Å²) in [5.74, 6) is -0.970. The van der Waals surface area contributed by atoms with Crippen LogP contribution in [0.5, 0.6) is 11.5 Å². The summed E-state index contributed by atoms with van der Waals surface area (Å²) in [5, 5.41) is 18.8. The second-order valence-corrected chi connectivity index (χ2v) is 9.13. The number of rotatable bonds is 10. The molecule has 2 N–H and O–H groups in total. The number of amides is 2. The van der Waals surface area contributed by atoms with Crippen LogP contribution in [0.4, 0.5) is 11.4 Å². The highest BCUT2D eigenvalue weighted by Crippen LogP contribution is 2.29. The molecule has 0 spiro atoms. The third-order valence-corrected chi connectivity index (χ3v) is 6.38. The number of carbonyl (C=O) groups is 3. The van der Waals surface area contributed by atoms with Gasteiger partial charge in [-0.2, -0.15) is 5.10 Å². The van der Waals surface area contributed by atoms with Crippen molar-refractivity contribution in [1.29, 1.82) is 0 Å². The molecule has 0 bridgehead atoms. The van der Waals surface area contributed by atoms with Gasteiger partial charge < -0.3 is 19.9 Å². The van der Waals surface area contributed by atoms with Gasteiger partial charge in [-0.25, -0.2) is 0 Å². The molecule has 1 unspecified atom stereocenters. The highest BCUT2D eigenvalue weighted by atomic mass is 32.2. The average molecular weight is 533 g/mol. The van der Waals surface area contributed by atoms with Crippen molar-refractivity contribution in [3.05, 3.63) is 84.4 Å². The van der Waals surface area contributed by atoms with Crippen LogP contribution in [0.1, 0.15) is 12.0 Å². The molecule has 2 amide bonds. The smallest absolute Gasteiger partial charge is 0.305 e. The molecule has 38 heavy (non-hydrogen) atoms. The fourth-order valence-corrected chi connectivity index (χ4v) is 4.49. The van der Waals surface area contributed by atoms with Crippen molar-refractivity contribution in [3.63, 3.8) is 0 Å². The Kier molecular flexibility index (Phi) is 8.73. The molecule has 194 valence electrons. The zero-order valence-corrected chi connectivity index (χ0v) is 21.1. The number of benzene rings is 3. The molecule has 0 radical (unpaired) electrons. The van der Waals surface area contributed by atoms with E-state index in [9.17, 15) is 14.4 Å². The van der Waals surface area contributed by atoms with Crippen LogP contribution in [0.25, 0.3) is 0 Å². The summed E-state index contributed by atoms with van der Waals surface area (Å²) in [4.78, 5) is 37.4. The first kappa shape index (κ1) is 26.4. The quantitative estimate of drug-likeness (QED) is 0.300. The number of hydrogen-bond acceptors (Lipinski definition) is 8. The van der Waals surface area contributed by atoms with Crippen LogP contribution in [-0.2, 0) is 14.4 Å². The van der Waals surface area contributed by atoms with E-state index in [0.29, 0.717) is 17.1 Å². The molecule has 1 atom stereocenters. The van der Waals surface area contributed by atoms with Gasteiger partial charge in [0.05, 0.1) is 19.7 Å². The molecule has 10 nitrogen and oxygen atoms in total. The van der Waals surface area contributed by atoms with Crippen molar-refractivity contribution in [2.75, 3.05) is 18.6 Å². The summed E-state index contributed by atoms with van der Waals surface area (Å²) < 4.78 is 11.3. The average Bonchev–Trinajstić information content (AvgIpc) is 3.27. The Labute approximate surface area is 223 Å². The molecular weight excluding hydrogens is 508 g/mol. The number of nitrogens with one attached hydrogen (secondary N) is 1. The lowest BCUT2D eigenvalue weighted by Gasteiger charge is -2.23. The summed E-state index contributed by atoms with van der Waals surface area (Å²) in [6.07, 6.45) is 1.16. The fraction of sp³-hybridized carbons (Fsp3) is 0.148. The number of carboxylic acids is 1. The molecule has 4 rings (SSSR count). The minimum absolute atomic E-state index is 0.226. The van der Waals surface area contributed by atoms with Gasteiger partial charge in [-0.3, -0.25) is 19.3 Å². The Morgan fingerprint density at radius 1 is 1.03 bits per heavy atom. The highest BCUT2D eigenvalue weighted by molar-refractivity contribution is 8.15. The maximum atomic E-state index is 13.2. The molecular formula is C27H24N4O6S. The first-order valence-electron chi connectivity index (χ1n) is 11.5. The Morgan fingerprint density at radius 3 is 2.29 bits per heavy atom. The van der Waals surface area contributed by atoms with Crippen LogP contribution in [0.15, 0.2) is 89.1 Å². The first-order valence-corrected chi connectivity index (χ1v) is 12.4. The second kappa shape index (κ2) is 12.5. The Bertz CT molecular complexity index is 1320. The van der Waals surface area contributed by atoms with Gasteiger partial charge in [0.15, 0.2) is 23.3 Å². The van der Waals surface area contributed by atoms with Crippen molar-refractivity contribution in [2.24, 2.45) is 10.2 Å². The lowest BCUT2D eigenvalue weighted by atomic mass is 10.2. The van der Waals surface area contributed by atoms with Crippen molar-refractivity contribution < 1.29 is 29.0 Å². The number of carboxylic acid groups (broad SMARTS) is 1. The van der Waals surface area contributed by atoms with Gasteiger partial charge >= 0.3 is 5.97 Å². The topological polar surface area (TPSA) is 130 Å². The molecule has 3 aromatic carbocycles. The third kappa shape index (κ3) is 6.77. The molecule has 0 aliphatic carbocycles. The van der Waals surface area contributed by atoms with Gasteiger partial charge in [0.1, 0.15) is 5.25 Å². The zero-order chi connectivity index (χ0) is 26.9.